The van der Waals surface area contributed by atoms with Crippen molar-refractivity contribution in [2.75, 3.05) is 13.2 Å². The summed E-state index contributed by atoms with van der Waals surface area (Å²) >= 11 is 1.68. The van der Waals surface area contributed by atoms with Crippen molar-refractivity contribution in [3.63, 3.8) is 0 Å². The average Bonchev–Trinajstić information content (AvgIpc) is 3.38. The van der Waals surface area contributed by atoms with Crippen molar-refractivity contribution in [3.05, 3.63) is 76.6 Å². The molecule has 0 aliphatic carbocycles. The van der Waals surface area contributed by atoms with Gasteiger partial charge in [0.25, 0.3) is 5.91 Å². The molecular weight excluding hydrogens is 396 g/mol. The van der Waals surface area contributed by atoms with E-state index in [4.69, 9.17) is 4.74 Å². The number of carbonyl (C=O) groups excluding carboxylic acids is 1. The normalized spacial score (nSPS) is 15.8. The Balaban J connectivity index is 1.41. The third-order valence-electron chi connectivity index (χ3n) is 5.39. The van der Waals surface area contributed by atoms with Crippen molar-refractivity contribution in [2.24, 2.45) is 0 Å². The molecule has 1 unspecified atom stereocenters. The zero-order chi connectivity index (χ0) is 20.5. The van der Waals surface area contributed by atoms with Crippen molar-refractivity contribution < 1.29 is 9.53 Å². The van der Waals surface area contributed by atoms with Crippen LogP contribution >= 0.6 is 11.3 Å². The molecule has 0 saturated carbocycles. The monoisotopic (exact) mass is 418 g/mol. The fourth-order valence-corrected chi connectivity index (χ4v) is 4.59. The highest BCUT2D eigenvalue weighted by Crippen LogP contribution is 2.29. The standard InChI is InChI=1S/C23H22N4O2S/c1-15-14-30-22-17(11-16-3-5-18(6-4-16)27-9-2-8-25-27)12-20(26-21(15)22)23(28)24-13-19-7-10-29-19/h2-6,8-9,12,14,19H,7,10-11,13H2,1H3,(H,24,28). The number of rotatable bonds is 6. The molecule has 1 saturated heterocycles. The summed E-state index contributed by atoms with van der Waals surface area (Å²) in [6.07, 6.45) is 5.56. The molecule has 4 heterocycles. The second kappa shape index (κ2) is 8.01. The van der Waals surface area contributed by atoms with Gasteiger partial charge in [0.05, 0.1) is 22.0 Å². The van der Waals surface area contributed by atoms with Gasteiger partial charge in [0.1, 0.15) is 5.69 Å². The number of aromatic nitrogens is 3. The molecule has 1 aliphatic rings. The number of carbonyl (C=O) groups is 1. The molecule has 0 radical (unpaired) electrons. The van der Waals surface area contributed by atoms with Crippen LogP contribution in [0.3, 0.4) is 0 Å². The van der Waals surface area contributed by atoms with Gasteiger partial charge in [-0.2, -0.15) is 5.10 Å². The number of fused-ring (bicyclic) bond motifs is 1. The van der Waals surface area contributed by atoms with Gasteiger partial charge in [0.2, 0.25) is 0 Å². The highest BCUT2D eigenvalue weighted by molar-refractivity contribution is 7.17. The number of nitrogens with zero attached hydrogens (tertiary/aromatic N) is 3. The van der Waals surface area contributed by atoms with Crippen LogP contribution in [0.25, 0.3) is 15.9 Å². The minimum Gasteiger partial charge on any atom is -0.376 e. The largest absolute Gasteiger partial charge is 0.376 e. The van der Waals surface area contributed by atoms with E-state index in [0.29, 0.717) is 12.2 Å². The number of pyridine rings is 1. The van der Waals surface area contributed by atoms with Gasteiger partial charge in [0, 0.05) is 25.5 Å². The molecule has 0 spiro atoms. The molecule has 1 fully saturated rings. The van der Waals surface area contributed by atoms with Crippen LogP contribution in [-0.2, 0) is 11.2 Å². The van der Waals surface area contributed by atoms with Crippen molar-refractivity contribution in [3.8, 4) is 5.69 Å². The predicted octanol–water partition coefficient (Wildman–Crippen LogP) is 3.90. The zero-order valence-electron chi connectivity index (χ0n) is 16.7. The lowest BCUT2D eigenvalue weighted by molar-refractivity contribution is -0.0473. The fourth-order valence-electron chi connectivity index (χ4n) is 3.59. The second-order valence-electron chi connectivity index (χ2n) is 7.55. The Morgan fingerprint density at radius 1 is 1.33 bits per heavy atom. The summed E-state index contributed by atoms with van der Waals surface area (Å²) in [5.74, 6) is -0.145. The number of aryl methyl sites for hydroxylation is 1. The molecule has 1 aliphatic heterocycles. The smallest absolute Gasteiger partial charge is 0.270 e. The maximum absolute atomic E-state index is 12.7. The molecule has 6 nitrogen and oxygen atoms in total. The van der Waals surface area contributed by atoms with Crippen LogP contribution in [0.5, 0.6) is 0 Å². The topological polar surface area (TPSA) is 69.0 Å². The van der Waals surface area contributed by atoms with Crippen LogP contribution in [0.15, 0.2) is 54.2 Å². The third-order valence-corrected chi connectivity index (χ3v) is 6.56. The van der Waals surface area contributed by atoms with Crippen LogP contribution in [0.1, 0.15) is 33.6 Å². The fraction of sp³-hybridized carbons (Fsp3) is 0.261. The van der Waals surface area contributed by atoms with Crippen molar-refractivity contribution in [2.45, 2.75) is 25.9 Å². The van der Waals surface area contributed by atoms with Gasteiger partial charge in [-0.05, 0) is 66.1 Å². The summed E-state index contributed by atoms with van der Waals surface area (Å²) in [6, 6.07) is 12.2. The summed E-state index contributed by atoms with van der Waals surface area (Å²) in [6.45, 7) is 3.35. The lowest BCUT2D eigenvalue weighted by atomic mass is 10.0. The van der Waals surface area contributed by atoms with Gasteiger partial charge in [-0.25, -0.2) is 9.67 Å². The molecule has 1 aromatic carbocycles. The predicted molar refractivity (Wildman–Crippen MR) is 117 cm³/mol. The maximum atomic E-state index is 12.7. The summed E-state index contributed by atoms with van der Waals surface area (Å²) in [5.41, 5.74) is 5.80. The number of thiophene rings is 1. The summed E-state index contributed by atoms with van der Waals surface area (Å²) in [4.78, 5) is 17.4. The Labute approximate surface area is 178 Å². The van der Waals surface area contributed by atoms with Gasteiger partial charge >= 0.3 is 0 Å². The van der Waals surface area contributed by atoms with E-state index in [1.165, 1.54) is 5.56 Å². The molecule has 0 bridgehead atoms. The quantitative estimate of drug-likeness (QED) is 0.516. The lowest BCUT2D eigenvalue weighted by Crippen LogP contribution is -2.39. The first-order valence-corrected chi connectivity index (χ1v) is 10.9. The molecule has 5 rings (SSSR count). The van der Waals surface area contributed by atoms with E-state index in [1.54, 1.807) is 17.5 Å². The van der Waals surface area contributed by atoms with Gasteiger partial charge in [0.15, 0.2) is 0 Å². The second-order valence-corrected chi connectivity index (χ2v) is 8.43. The Kier molecular flexibility index (Phi) is 5.06. The summed E-state index contributed by atoms with van der Waals surface area (Å²) in [7, 11) is 0. The Hall–Kier alpha value is -3.03. The van der Waals surface area contributed by atoms with Crippen LogP contribution in [0.2, 0.25) is 0 Å². The molecule has 1 atom stereocenters. The van der Waals surface area contributed by atoms with Crippen LogP contribution in [0, 0.1) is 6.92 Å². The van der Waals surface area contributed by atoms with Crippen molar-refractivity contribution in [1.29, 1.82) is 0 Å². The number of nitrogens with one attached hydrogen (secondary N) is 1. The first kappa shape index (κ1) is 19.0. The first-order chi connectivity index (χ1) is 14.7. The van der Waals surface area contributed by atoms with E-state index >= 15 is 0 Å². The number of hydrogen-bond donors (Lipinski definition) is 1. The third kappa shape index (κ3) is 3.74. The van der Waals surface area contributed by atoms with E-state index in [1.807, 2.05) is 29.9 Å². The van der Waals surface area contributed by atoms with Crippen molar-refractivity contribution >= 4 is 27.5 Å². The minimum absolute atomic E-state index is 0.133. The van der Waals surface area contributed by atoms with Gasteiger partial charge < -0.3 is 10.1 Å². The summed E-state index contributed by atoms with van der Waals surface area (Å²) < 4.78 is 8.37. The summed E-state index contributed by atoms with van der Waals surface area (Å²) in [5, 5.41) is 9.33. The highest BCUT2D eigenvalue weighted by Gasteiger charge is 2.20. The van der Waals surface area contributed by atoms with Crippen molar-refractivity contribution in [1.82, 2.24) is 20.1 Å². The van der Waals surface area contributed by atoms with Gasteiger partial charge in [-0.15, -0.1) is 11.3 Å². The van der Waals surface area contributed by atoms with E-state index in [0.717, 1.165) is 46.5 Å². The minimum atomic E-state index is -0.145. The number of amides is 1. The van der Waals surface area contributed by atoms with E-state index in [2.05, 4.69) is 45.0 Å². The number of ether oxygens (including phenoxy) is 1. The molecule has 152 valence electrons. The number of hydrogen-bond acceptors (Lipinski definition) is 5. The lowest BCUT2D eigenvalue weighted by Gasteiger charge is -2.26. The first-order valence-electron chi connectivity index (χ1n) is 10.0. The van der Waals surface area contributed by atoms with Crippen LogP contribution in [0.4, 0.5) is 0 Å². The maximum Gasteiger partial charge on any atom is 0.270 e. The Morgan fingerprint density at radius 3 is 2.87 bits per heavy atom. The molecule has 1 N–H and O–H groups in total. The van der Waals surface area contributed by atoms with Gasteiger partial charge in [-0.3, -0.25) is 4.79 Å². The zero-order valence-corrected chi connectivity index (χ0v) is 17.5. The molecule has 4 aromatic rings. The Bertz CT molecular complexity index is 1180. The van der Waals surface area contributed by atoms with E-state index in [-0.39, 0.29) is 12.0 Å². The molecule has 30 heavy (non-hydrogen) atoms. The van der Waals surface area contributed by atoms with Gasteiger partial charge in [-0.1, -0.05) is 12.1 Å². The highest BCUT2D eigenvalue weighted by atomic mass is 32.1. The van der Waals surface area contributed by atoms with E-state index in [9.17, 15) is 4.79 Å². The molecule has 3 aromatic heterocycles. The van der Waals surface area contributed by atoms with Crippen LogP contribution < -0.4 is 5.32 Å². The average molecular weight is 419 g/mol. The molecule has 7 heteroatoms. The SMILES string of the molecule is Cc1csc2c(Cc3ccc(-n4cccn4)cc3)cc(C(=O)NCC3CCO3)nc12. The molecular formula is C23H22N4O2S. The van der Waals surface area contributed by atoms with Crippen LogP contribution in [-0.4, -0.2) is 39.9 Å². The Morgan fingerprint density at radius 2 is 2.17 bits per heavy atom. The molecule has 1 amide bonds. The number of benzene rings is 1. The van der Waals surface area contributed by atoms with E-state index < -0.39 is 0 Å².